The summed E-state index contributed by atoms with van der Waals surface area (Å²) < 4.78 is 29.3. The topological polar surface area (TPSA) is 77.0 Å². The molecule has 8 nitrogen and oxygen atoms in total. The average Bonchev–Trinajstić information content (AvgIpc) is 3.31. The van der Waals surface area contributed by atoms with E-state index in [1.165, 1.54) is 12.1 Å². The second-order valence-electron chi connectivity index (χ2n) is 7.46. The van der Waals surface area contributed by atoms with Gasteiger partial charge in [-0.15, -0.1) is 10.2 Å². The second kappa shape index (κ2) is 8.70. The van der Waals surface area contributed by atoms with Crippen LogP contribution in [0.25, 0.3) is 11.3 Å². The van der Waals surface area contributed by atoms with Gasteiger partial charge in [0.1, 0.15) is 11.6 Å². The predicted molar refractivity (Wildman–Crippen MR) is 114 cm³/mol. The number of piperazine rings is 1. The van der Waals surface area contributed by atoms with Crippen molar-refractivity contribution in [1.82, 2.24) is 15.1 Å². The van der Waals surface area contributed by atoms with Gasteiger partial charge < -0.3 is 24.0 Å². The fourth-order valence-corrected chi connectivity index (χ4v) is 3.66. The van der Waals surface area contributed by atoms with E-state index in [1.807, 2.05) is 12.1 Å². The Morgan fingerprint density at radius 1 is 0.938 bits per heavy atom. The molecule has 1 saturated heterocycles. The van der Waals surface area contributed by atoms with Crippen molar-refractivity contribution in [2.45, 2.75) is 0 Å². The van der Waals surface area contributed by atoms with Crippen molar-refractivity contribution in [1.29, 1.82) is 0 Å². The summed E-state index contributed by atoms with van der Waals surface area (Å²) in [4.78, 5) is 16.4. The van der Waals surface area contributed by atoms with Crippen LogP contribution < -0.4 is 19.1 Å². The number of hydrogen-bond acceptors (Lipinski definition) is 7. The fraction of sp³-hybridized carbons (Fsp3) is 0.261. The van der Waals surface area contributed by atoms with Crippen LogP contribution in [-0.4, -0.2) is 60.6 Å². The molecule has 3 heterocycles. The number of anilines is 1. The lowest BCUT2D eigenvalue weighted by molar-refractivity contribution is -0.133. The van der Waals surface area contributed by atoms with Gasteiger partial charge >= 0.3 is 0 Å². The number of aromatic nitrogens is 2. The third-order valence-corrected chi connectivity index (χ3v) is 5.45. The minimum Gasteiger partial charge on any atom is -0.484 e. The molecule has 3 aromatic rings. The first-order valence-corrected chi connectivity index (χ1v) is 10.3. The summed E-state index contributed by atoms with van der Waals surface area (Å²) >= 11 is 0. The lowest BCUT2D eigenvalue weighted by Crippen LogP contribution is -2.50. The van der Waals surface area contributed by atoms with Crippen LogP contribution in [0.2, 0.25) is 0 Å². The zero-order valence-electron chi connectivity index (χ0n) is 17.2. The molecule has 0 radical (unpaired) electrons. The van der Waals surface area contributed by atoms with Crippen molar-refractivity contribution < 1.29 is 23.4 Å². The molecular weight excluding hydrogens is 415 g/mol. The van der Waals surface area contributed by atoms with E-state index in [2.05, 4.69) is 15.1 Å². The van der Waals surface area contributed by atoms with Gasteiger partial charge in [0.25, 0.3) is 5.91 Å². The van der Waals surface area contributed by atoms with Gasteiger partial charge in [0.2, 0.25) is 6.79 Å². The molecule has 9 heteroatoms. The molecule has 0 N–H and O–H groups in total. The van der Waals surface area contributed by atoms with Crippen LogP contribution in [0.15, 0.2) is 54.6 Å². The SMILES string of the molecule is O=C(COc1ccc2c(c1)OCO2)N1CCN(c2ccc(-c3ccc(F)cc3)nn2)CC1. The van der Waals surface area contributed by atoms with Gasteiger partial charge in [0.05, 0.1) is 5.69 Å². The average molecular weight is 436 g/mol. The Bertz CT molecular complexity index is 1100. The highest BCUT2D eigenvalue weighted by Crippen LogP contribution is 2.35. The molecule has 2 aliphatic heterocycles. The summed E-state index contributed by atoms with van der Waals surface area (Å²) in [5, 5.41) is 8.57. The Morgan fingerprint density at radius 3 is 2.47 bits per heavy atom. The molecular formula is C23H21FN4O4. The van der Waals surface area contributed by atoms with Gasteiger partial charge in [-0.2, -0.15) is 0 Å². The van der Waals surface area contributed by atoms with Gasteiger partial charge in [-0.1, -0.05) is 0 Å². The fourth-order valence-electron chi connectivity index (χ4n) is 3.66. The summed E-state index contributed by atoms with van der Waals surface area (Å²) in [5.41, 5.74) is 1.49. The standard InChI is InChI=1S/C23H21FN4O4/c24-17-3-1-16(2-4-17)19-6-8-22(26-25-19)27-9-11-28(12-10-27)23(29)14-30-18-5-7-20-21(13-18)32-15-31-20/h1-8,13H,9-12,14-15H2. The first-order valence-electron chi connectivity index (χ1n) is 10.3. The maximum Gasteiger partial charge on any atom is 0.260 e. The number of benzene rings is 2. The number of amides is 1. The molecule has 1 fully saturated rings. The minimum absolute atomic E-state index is 0.0359. The van der Waals surface area contributed by atoms with Crippen LogP contribution >= 0.6 is 0 Å². The number of hydrogen-bond donors (Lipinski definition) is 0. The Balaban J connectivity index is 1.13. The summed E-state index contributed by atoms with van der Waals surface area (Å²) in [6.07, 6.45) is 0. The summed E-state index contributed by atoms with van der Waals surface area (Å²) in [7, 11) is 0. The van der Waals surface area contributed by atoms with Gasteiger partial charge in [-0.25, -0.2) is 4.39 Å². The molecule has 0 aliphatic carbocycles. The van der Waals surface area contributed by atoms with Crippen LogP contribution in [0.1, 0.15) is 0 Å². The smallest absolute Gasteiger partial charge is 0.260 e. The van der Waals surface area contributed by atoms with Gasteiger partial charge in [-0.05, 0) is 48.5 Å². The number of carbonyl (C=O) groups is 1. The van der Waals surface area contributed by atoms with E-state index in [4.69, 9.17) is 14.2 Å². The molecule has 0 spiro atoms. The molecule has 0 atom stereocenters. The monoisotopic (exact) mass is 436 g/mol. The van der Waals surface area contributed by atoms with Crippen molar-refractivity contribution in [2.75, 3.05) is 44.5 Å². The zero-order valence-corrected chi connectivity index (χ0v) is 17.2. The van der Waals surface area contributed by atoms with E-state index in [0.29, 0.717) is 49.1 Å². The molecule has 1 aromatic heterocycles. The number of fused-ring (bicyclic) bond motifs is 1. The highest BCUT2D eigenvalue weighted by atomic mass is 19.1. The van der Waals surface area contributed by atoms with E-state index < -0.39 is 0 Å². The minimum atomic E-state index is -0.285. The van der Waals surface area contributed by atoms with E-state index in [0.717, 1.165) is 11.4 Å². The van der Waals surface area contributed by atoms with E-state index >= 15 is 0 Å². The van der Waals surface area contributed by atoms with Crippen LogP contribution in [0.5, 0.6) is 17.2 Å². The Hall–Kier alpha value is -3.88. The van der Waals surface area contributed by atoms with Crippen LogP contribution in [0.3, 0.4) is 0 Å². The molecule has 0 unspecified atom stereocenters. The third-order valence-electron chi connectivity index (χ3n) is 5.45. The highest BCUT2D eigenvalue weighted by molar-refractivity contribution is 5.78. The Labute approximate surface area is 184 Å². The number of ether oxygens (including phenoxy) is 3. The largest absolute Gasteiger partial charge is 0.484 e. The van der Waals surface area contributed by atoms with Crippen LogP contribution in [-0.2, 0) is 4.79 Å². The normalized spacial score (nSPS) is 15.0. The highest BCUT2D eigenvalue weighted by Gasteiger charge is 2.23. The van der Waals surface area contributed by atoms with Crippen molar-refractivity contribution >= 4 is 11.7 Å². The Morgan fingerprint density at radius 2 is 1.72 bits per heavy atom. The lowest BCUT2D eigenvalue weighted by atomic mass is 10.1. The quantitative estimate of drug-likeness (QED) is 0.609. The maximum atomic E-state index is 13.1. The van der Waals surface area contributed by atoms with E-state index in [9.17, 15) is 9.18 Å². The molecule has 1 amide bonds. The van der Waals surface area contributed by atoms with Crippen molar-refractivity contribution in [3.63, 3.8) is 0 Å². The van der Waals surface area contributed by atoms with Crippen LogP contribution in [0.4, 0.5) is 10.2 Å². The zero-order chi connectivity index (χ0) is 21.9. The third kappa shape index (κ3) is 4.27. The van der Waals surface area contributed by atoms with Gasteiger partial charge in [0.15, 0.2) is 23.9 Å². The molecule has 2 aliphatic rings. The van der Waals surface area contributed by atoms with E-state index in [1.54, 1.807) is 35.2 Å². The molecule has 164 valence electrons. The number of carbonyl (C=O) groups excluding carboxylic acids is 1. The second-order valence-corrected chi connectivity index (χ2v) is 7.46. The Kier molecular flexibility index (Phi) is 5.45. The van der Waals surface area contributed by atoms with Gasteiger partial charge in [0, 0.05) is 37.8 Å². The molecule has 5 rings (SSSR count). The first kappa shape index (κ1) is 20.0. The van der Waals surface area contributed by atoms with Crippen molar-refractivity contribution in [2.24, 2.45) is 0 Å². The van der Waals surface area contributed by atoms with Gasteiger partial charge in [-0.3, -0.25) is 4.79 Å². The maximum absolute atomic E-state index is 13.1. The molecule has 0 bridgehead atoms. The predicted octanol–water partition coefficient (Wildman–Crippen LogP) is 2.74. The molecule has 0 saturated carbocycles. The number of nitrogens with zero attached hydrogens (tertiary/aromatic N) is 4. The van der Waals surface area contributed by atoms with Crippen molar-refractivity contribution in [3.05, 3.63) is 60.4 Å². The molecule has 2 aromatic carbocycles. The first-order chi connectivity index (χ1) is 15.7. The summed E-state index contributed by atoms with van der Waals surface area (Å²) in [6.45, 7) is 2.61. The number of rotatable bonds is 5. The summed E-state index contributed by atoms with van der Waals surface area (Å²) in [5.74, 6) is 2.26. The molecule has 32 heavy (non-hydrogen) atoms. The lowest BCUT2D eigenvalue weighted by Gasteiger charge is -2.35. The van der Waals surface area contributed by atoms with Crippen molar-refractivity contribution in [3.8, 4) is 28.5 Å². The van der Waals surface area contributed by atoms with Crippen LogP contribution in [0, 0.1) is 5.82 Å². The number of halogens is 1. The summed E-state index contributed by atoms with van der Waals surface area (Å²) in [6, 6.07) is 15.2. The van der Waals surface area contributed by atoms with E-state index in [-0.39, 0.29) is 25.1 Å².